The van der Waals surface area contributed by atoms with E-state index in [-0.39, 0.29) is 18.0 Å². The summed E-state index contributed by atoms with van der Waals surface area (Å²) in [6.07, 6.45) is 3.22. The largest absolute Gasteiger partial charge is 0.376 e. The highest BCUT2D eigenvalue weighted by Gasteiger charge is 2.23. The Hall–Kier alpha value is -2.97. The zero-order valence-corrected chi connectivity index (χ0v) is 14.4. The molecule has 0 N–H and O–H groups in total. The fraction of sp³-hybridized carbons (Fsp3) is 0.438. The number of amides is 1. The molecule has 0 spiro atoms. The summed E-state index contributed by atoms with van der Waals surface area (Å²) in [5.41, 5.74) is 0.711. The molecule has 0 aromatic carbocycles. The van der Waals surface area contributed by atoms with Crippen LogP contribution in [0.25, 0.3) is 0 Å². The molecular formula is C16H21N7O2. The first-order valence-electron chi connectivity index (χ1n) is 8.09. The van der Waals surface area contributed by atoms with E-state index in [1.54, 1.807) is 17.2 Å². The van der Waals surface area contributed by atoms with E-state index in [2.05, 4.69) is 20.2 Å². The SMILES string of the molecule is CN(C)c1cnnc(N2CCN(C(=O)Cn3ncccc3=O)CC2)c1. The van der Waals surface area contributed by atoms with Crippen LogP contribution in [0, 0.1) is 0 Å². The monoisotopic (exact) mass is 343 g/mol. The average Bonchev–Trinajstić information content (AvgIpc) is 2.64. The molecule has 0 unspecified atom stereocenters. The Morgan fingerprint density at radius 2 is 2.00 bits per heavy atom. The van der Waals surface area contributed by atoms with Crippen molar-refractivity contribution in [2.75, 3.05) is 50.1 Å². The number of piperazine rings is 1. The summed E-state index contributed by atoms with van der Waals surface area (Å²) >= 11 is 0. The summed E-state index contributed by atoms with van der Waals surface area (Å²) < 4.78 is 1.18. The van der Waals surface area contributed by atoms with Crippen molar-refractivity contribution >= 4 is 17.4 Å². The van der Waals surface area contributed by atoms with Crippen LogP contribution in [0.2, 0.25) is 0 Å². The first-order valence-corrected chi connectivity index (χ1v) is 8.09. The highest BCUT2D eigenvalue weighted by atomic mass is 16.2. The Morgan fingerprint density at radius 1 is 1.24 bits per heavy atom. The van der Waals surface area contributed by atoms with Gasteiger partial charge < -0.3 is 14.7 Å². The van der Waals surface area contributed by atoms with Crippen molar-refractivity contribution in [2.24, 2.45) is 0 Å². The van der Waals surface area contributed by atoms with Gasteiger partial charge in [-0.25, -0.2) is 4.68 Å². The zero-order chi connectivity index (χ0) is 17.8. The van der Waals surface area contributed by atoms with E-state index in [1.165, 1.54) is 16.9 Å². The molecule has 1 aliphatic rings. The van der Waals surface area contributed by atoms with Crippen LogP contribution < -0.4 is 15.4 Å². The number of nitrogens with zero attached hydrogens (tertiary/aromatic N) is 7. The van der Waals surface area contributed by atoms with Gasteiger partial charge in [-0.05, 0) is 6.07 Å². The van der Waals surface area contributed by atoms with Gasteiger partial charge in [0, 0.05) is 58.6 Å². The summed E-state index contributed by atoms with van der Waals surface area (Å²) in [7, 11) is 3.91. The molecule has 0 radical (unpaired) electrons. The third kappa shape index (κ3) is 3.93. The smallest absolute Gasteiger partial charge is 0.267 e. The quantitative estimate of drug-likeness (QED) is 0.736. The molecule has 1 saturated heterocycles. The molecular weight excluding hydrogens is 322 g/mol. The summed E-state index contributed by atoms with van der Waals surface area (Å²) in [6.45, 7) is 2.47. The molecule has 1 fully saturated rings. The minimum atomic E-state index is -0.273. The molecule has 25 heavy (non-hydrogen) atoms. The number of hydrogen-bond donors (Lipinski definition) is 0. The predicted molar refractivity (Wildman–Crippen MR) is 93.6 cm³/mol. The third-order valence-corrected chi connectivity index (χ3v) is 4.17. The van der Waals surface area contributed by atoms with Gasteiger partial charge in [-0.3, -0.25) is 9.59 Å². The molecule has 0 aliphatic carbocycles. The van der Waals surface area contributed by atoms with Crippen LogP contribution in [-0.4, -0.2) is 71.1 Å². The Labute approximate surface area is 145 Å². The number of hydrogen-bond acceptors (Lipinski definition) is 7. The molecule has 0 bridgehead atoms. The third-order valence-electron chi connectivity index (χ3n) is 4.17. The number of rotatable bonds is 4. The van der Waals surface area contributed by atoms with E-state index in [0.29, 0.717) is 26.2 Å². The van der Waals surface area contributed by atoms with Crippen molar-refractivity contribution < 1.29 is 4.79 Å². The van der Waals surface area contributed by atoms with Gasteiger partial charge in [-0.2, -0.15) is 10.2 Å². The van der Waals surface area contributed by atoms with E-state index >= 15 is 0 Å². The lowest BCUT2D eigenvalue weighted by Crippen LogP contribution is -2.50. The number of anilines is 2. The van der Waals surface area contributed by atoms with Crippen LogP contribution in [0.3, 0.4) is 0 Å². The van der Waals surface area contributed by atoms with Crippen LogP contribution in [0.4, 0.5) is 11.5 Å². The zero-order valence-electron chi connectivity index (χ0n) is 14.4. The number of carbonyl (C=O) groups is 1. The molecule has 3 rings (SSSR count). The van der Waals surface area contributed by atoms with Crippen molar-refractivity contribution in [1.29, 1.82) is 0 Å². The predicted octanol–water partition coefficient (Wildman–Crippen LogP) is -0.552. The van der Waals surface area contributed by atoms with Crippen LogP contribution >= 0.6 is 0 Å². The minimum absolute atomic E-state index is 0.0321. The molecule has 2 aromatic heterocycles. The minimum Gasteiger partial charge on any atom is -0.376 e. The average molecular weight is 343 g/mol. The van der Waals surface area contributed by atoms with Crippen molar-refractivity contribution in [2.45, 2.75) is 6.54 Å². The molecule has 9 heteroatoms. The molecule has 2 aromatic rings. The van der Waals surface area contributed by atoms with Gasteiger partial charge in [0.1, 0.15) is 6.54 Å². The maximum Gasteiger partial charge on any atom is 0.267 e. The Bertz CT molecular complexity index is 797. The molecule has 1 amide bonds. The second kappa shape index (κ2) is 7.29. The second-order valence-corrected chi connectivity index (χ2v) is 6.05. The molecule has 0 saturated carbocycles. The summed E-state index contributed by atoms with van der Waals surface area (Å²) in [5, 5.41) is 12.2. The van der Waals surface area contributed by atoms with Gasteiger partial charge in [0.15, 0.2) is 5.82 Å². The highest BCUT2D eigenvalue weighted by molar-refractivity contribution is 5.76. The van der Waals surface area contributed by atoms with Crippen LogP contribution in [0.15, 0.2) is 35.4 Å². The Kier molecular flexibility index (Phi) is 4.92. The van der Waals surface area contributed by atoms with Crippen LogP contribution in [-0.2, 0) is 11.3 Å². The van der Waals surface area contributed by atoms with E-state index in [0.717, 1.165) is 11.5 Å². The highest BCUT2D eigenvalue weighted by Crippen LogP contribution is 2.18. The fourth-order valence-corrected chi connectivity index (χ4v) is 2.66. The van der Waals surface area contributed by atoms with Gasteiger partial charge in [0.05, 0.1) is 11.9 Å². The standard InChI is InChI=1S/C16H21N7O2/c1-20(2)13-10-14(19-17-11-13)21-6-8-22(9-7-21)16(25)12-23-15(24)4-3-5-18-23/h3-5,10-11H,6-9,12H2,1-2H3. The lowest BCUT2D eigenvalue weighted by Gasteiger charge is -2.35. The van der Waals surface area contributed by atoms with E-state index in [4.69, 9.17) is 0 Å². The van der Waals surface area contributed by atoms with Crippen molar-refractivity contribution in [1.82, 2.24) is 24.9 Å². The molecule has 1 aliphatic heterocycles. The van der Waals surface area contributed by atoms with Gasteiger partial charge >= 0.3 is 0 Å². The normalized spacial score (nSPS) is 14.5. The van der Waals surface area contributed by atoms with E-state index in [1.807, 2.05) is 25.1 Å². The molecule has 3 heterocycles. The Balaban J connectivity index is 1.60. The first-order chi connectivity index (χ1) is 12.0. The number of carbonyl (C=O) groups excluding carboxylic acids is 1. The van der Waals surface area contributed by atoms with Crippen LogP contribution in [0.5, 0.6) is 0 Å². The maximum absolute atomic E-state index is 12.4. The molecule has 132 valence electrons. The van der Waals surface area contributed by atoms with Gasteiger partial charge in [-0.1, -0.05) is 0 Å². The summed E-state index contributed by atoms with van der Waals surface area (Å²) in [4.78, 5) is 29.9. The summed E-state index contributed by atoms with van der Waals surface area (Å²) in [5.74, 6) is 0.702. The van der Waals surface area contributed by atoms with Crippen molar-refractivity contribution in [3.05, 3.63) is 40.9 Å². The molecule has 9 nitrogen and oxygen atoms in total. The topological polar surface area (TPSA) is 87.5 Å². The maximum atomic E-state index is 12.4. The van der Waals surface area contributed by atoms with E-state index < -0.39 is 0 Å². The van der Waals surface area contributed by atoms with Gasteiger partial charge in [0.25, 0.3) is 5.56 Å². The van der Waals surface area contributed by atoms with Gasteiger partial charge in [0.2, 0.25) is 5.91 Å². The van der Waals surface area contributed by atoms with Gasteiger partial charge in [-0.15, -0.1) is 5.10 Å². The fourth-order valence-electron chi connectivity index (χ4n) is 2.66. The van der Waals surface area contributed by atoms with Crippen LogP contribution in [0.1, 0.15) is 0 Å². The lowest BCUT2D eigenvalue weighted by atomic mass is 10.3. The summed E-state index contributed by atoms with van der Waals surface area (Å²) in [6, 6.07) is 4.94. The first kappa shape index (κ1) is 16.9. The lowest BCUT2D eigenvalue weighted by molar-refractivity contribution is -0.132. The van der Waals surface area contributed by atoms with Crippen molar-refractivity contribution in [3.8, 4) is 0 Å². The number of aromatic nitrogens is 4. The molecule has 0 atom stereocenters. The second-order valence-electron chi connectivity index (χ2n) is 6.05. The van der Waals surface area contributed by atoms with E-state index in [9.17, 15) is 9.59 Å². The van der Waals surface area contributed by atoms with Crippen molar-refractivity contribution in [3.63, 3.8) is 0 Å². The Morgan fingerprint density at radius 3 is 2.68 bits per heavy atom.